The van der Waals surface area contributed by atoms with E-state index in [2.05, 4.69) is 77.7 Å². The predicted octanol–water partition coefficient (Wildman–Crippen LogP) is 2.57. The minimum atomic E-state index is 1.13. The number of rotatable bonds is 3. The Labute approximate surface area is 111 Å². The van der Waals surface area contributed by atoms with Gasteiger partial charge in [0.1, 0.15) is 0 Å². The van der Waals surface area contributed by atoms with E-state index in [1.807, 2.05) is 0 Å². The summed E-state index contributed by atoms with van der Waals surface area (Å²) in [5.41, 5.74) is 4.30. The number of aryl methyl sites for hydroxylation is 3. The second-order valence-corrected chi connectivity index (χ2v) is 5.42. The Kier molecular flexibility index (Phi) is 4.04. The summed E-state index contributed by atoms with van der Waals surface area (Å²) in [5.74, 6) is 0. The van der Waals surface area contributed by atoms with Gasteiger partial charge < -0.3 is 0 Å². The van der Waals surface area contributed by atoms with Gasteiger partial charge in [-0.1, -0.05) is 0 Å². The van der Waals surface area contributed by atoms with Crippen molar-refractivity contribution < 1.29 is 0 Å². The molecule has 0 aromatic heterocycles. The quantitative estimate of drug-likeness (QED) is 0.762. The molecular formula is C15H15Te. The topological polar surface area (TPSA) is 0 Å². The van der Waals surface area contributed by atoms with Crippen molar-refractivity contribution in [3.05, 3.63) is 65.2 Å². The predicted molar refractivity (Wildman–Crippen MR) is 70.4 cm³/mol. The molecule has 0 saturated heterocycles. The van der Waals surface area contributed by atoms with Crippen LogP contribution in [0.4, 0.5) is 0 Å². The van der Waals surface area contributed by atoms with Crippen molar-refractivity contribution in [2.45, 2.75) is 19.8 Å². The molecule has 0 fully saturated rings. The zero-order valence-corrected chi connectivity index (χ0v) is 11.8. The average Bonchev–Trinajstić information content (AvgIpc) is 2.29. The van der Waals surface area contributed by atoms with Gasteiger partial charge in [0.05, 0.1) is 0 Å². The van der Waals surface area contributed by atoms with E-state index in [9.17, 15) is 0 Å². The summed E-state index contributed by atoms with van der Waals surface area (Å²) >= 11 is 2.08. The molecule has 16 heavy (non-hydrogen) atoms. The Morgan fingerprint density at radius 1 is 0.938 bits per heavy atom. The molecular weight excluding hydrogens is 308 g/mol. The number of hydrogen-bond acceptors (Lipinski definition) is 0. The third-order valence-corrected chi connectivity index (χ3v) is 3.56. The summed E-state index contributed by atoms with van der Waals surface area (Å²) in [5, 5.41) is 0. The molecule has 0 N–H and O–H groups in total. The maximum atomic E-state index is 2.27. The summed E-state index contributed by atoms with van der Waals surface area (Å²) < 4.78 is 1.36. The summed E-state index contributed by atoms with van der Waals surface area (Å²) in [6.07, 6.45) is 2.27. The molecule has 0 atom stereocenters. The number of benzene rings is 2. The van der Waals surface area contributed by atoms with Gasteiger partial charge in [0.25, 0.3) is 0 Å². The van der Waals surface area contributed by atoms with Crippen LogP contribution < -0.4 is 3.61 Å². The van der Waals surface area contributed by atoms with Crippen molar-refractivity contribution in [3.8, 4) is 0 Å². The summed E-state index contributed by atoms with van der Waals surface area (Å²) in [6, 6.07) is 17.4. The van der Waals surface area contributed by atoms with E-state index < -0.39 is 0 Å². The fourth-order valence-corrected chi connectivity index (χ4v) is 2.57. The number of hydrogen-bond donors (Lipinski definition) is 0. The molecule has 2 aromatic carbocycles. The molecule has 2 aromatic rings. The molecule has 0 bridgehead atoms. The van der Waals surface area contributed by atoms with Crippen LogP contribution in [0.3, 0.4) is 0 Å². The second kappa shape index (κ2) is 5.53. The first-order chi connectivity index (χ1) is 7.75. The zero-order chi connectivity index (χ0) is 11.4. The molecule has 0 spiro atoms. The Morgan fingerprint density at radius 3 is 2.38 bits per heavy atom. The van der Waals surface area contributed by atoms with Crippen LogP contribution in [-0.2, 0) is 12.8 Å². The van der Waals surface area contributed by atoms with E-state index in [4.69, 9.17) is 0 Å². The first-order valence-corrected chi connectivity index (χ1v) is 6.73. The van der Waals surface area contributed by atoms with Crippen LogP contribution in [0.1, 0.15) is 16.7 Å². The van der Waals surface area contributed by atoms with Crippen molar-refractivity contribution in [3.63, 3.8) is 0 Å². The van der Waals surface area contributed by atoms with Crippen LogP contribution in [0.5, 0.6) is 0 Å². The van der Waals surface area contributed by atoms with Crippen LogP contribution >= 0.6 is 0 Å². The van der Waals surface area contributed by atoms with Crippen molar-refractivity contribution in [1.82, 2.24) is 0 Å². The monoisotopic (exact) mass is 325 g/mol. The van der Waals surface area contributed by atoms with E-state index in [1.165, 1.54) is 20.3 Å². The van der Waals surface area contributed by atoms with Crippen LogP contribution in [0, 0.1) is 6.92 Å². The summed E-state index contributed by atoms with van der Waals surface area (Å²) in [4.78, 5) is 0. The third-order valence-electron chi connectivity index (χ3n) is 2.84. The molecule has 0 heterocycles. The van der Waals surface area contributed by atoms with Crippen LogP contribution in [0.2, 0.25) is 0 Å². The van der Waals surface area contributed by atoms with Crippen LogP contribution in [0.25, 0.3) is 0 Å². The van der Waals surface area contributed by atoms with Gasteiger partial charge in [-0.15, -0.1) is 0 Å². The normalized spacial score (nSPS) is 10.3. The minimum absolute atomic E-state index is 1.13. The van der Waals surface area contributed by atoms with E-state index in [0.29, 0.717) is 0 Å². The molecule has 0 aliphatic carbocycles. The van der Waals surface area contributed by atoms with Crippen LogP contribution in [-0.4, -0.2) is 22.3 Å². The van der Waals surface area contributed by atoms with Crippen molar-refractivity contribution in [2.75, 3.05) is 0 Å². The van der Waals surface area contributed by atoms with Crippen molar-refractivity contribution in [1.29, 1.82) is 0 Å². The fourth-order valence-electron chi connectivity index (χ4n) is 1.87. The maximum absolute atomic E-state index is 2.27. The van der Waals surface area contributed by atoms with E-state index in [0.717, 1.165) is 12.8 Å². The van der Waals surface area contributed by atoms with Gasteiger partial charge >= 0.3 is 111 Å². The molecule has 0 nitrogen and oxygen atoms in total. The van der Waals surface area contributed by atoms with E-state index >= 15 is 0 Å². The van der Waals surface area contributed by atoms with Gasteiger partial charge in [0.2, 0.25) is 0 Å². The Hall–Kier alpha value is -0.770. The molecule has 0 aliphatic rings. The molecule has 81 valence electrons. The van der Waals surface area contributed by atoms with Gasteiger partial charge in [0, 0.05) is 0 Å². The molecule has 0 unspecified atom stereocenters. The molecule has 0 saturated carbocycles. The SMILES string of the molecule is Cc1cc([Te])ccc1CCc1ccccc1. The van der Waals surface area contributed by atoms with Crippen molar-refractivity contribution in [2.24, 2.45) is 0 Å². The van der Waals surface area contributed by atoms with E-state index in [1.54, 1.807) is 0 Å². The zero-order valence-electron chi connectivity index (χ0n) is 9.44. The summed E-state index contributed by atoms with van der Waals surface area (Å²) in [7, 11) is 0. The Balaban J connectivity index is 2.05. The van der Waals surface area contributed by atoms with Gasteiger partial charge in [-0.2, -0.15) is 0 Å². The average molecular weight is 323 g/mol. The van der Waals surface area contributed by atoms with Gasteiger partial charge in [0.15, 0.2) is 0 Å². The van der Waals surface area contributed by atoms with Gasteiger partial charge in [-0.25, -0.2) is 0 Å². The molecule has 2 rings (SSSR count). The second-order valence-electron chi connectivity index (χ2n) is 4.07. The third kappa shape index (κ3) is 3.11. The Bertz CT molecular complexity index is 460. The molecule has 0 amide bonds. The fraction of sp³-hybridized carbons (Fsp3) is 0.200. The van der Waals surface area contributed by atoms with E-state index in [-0.39, 0.29) is 0 Å². The van der Waals surface area contributed by atoms with Crippen molar-refractivity contribution >= 4 is 25.9 Å². The summed E-state index contributed by atoms with van der Waals surface area (Å²) in [6.45, 7) is 2.20. The standard InChI is InChI=1S/C15H15Te/c1-12-11-15(16)10-9-14(12)8-7-13-5-3-2-4-6-13/h2-6,9-11H,7-8H2,1H3. The Morgan fingerprint density at radius 2 is 1.69 bits per heavy atom. The first-order valence-electron chi connectivity index (χ1n) is 5.56. The van der Waals surface area contributed by atoms with Crippen LogP contribution in [0.15, 0.2) is 48.5 Å². The first kappa shape index (κ1) is 11.7. The molecule has 1 heteroatoms. The molecule has 1 radical (unpaired) electrons. The molecule has 0 aliphatic heterocycles. The van der Waals surface area contributed by atoms with Gasteiger partial charge in [-0.05, 0) is 0 Å². The van der Waals surface area contributed by atoms with Gasteiger partial charge in [-0.3, -0.25) is 0 Å².